The minimum Gasteiger partial charge on any atom is -0.393 e. The molecule has 1 saturated heterocycles. The molecule has 2 atom stereocenters. The van der Waals surface area contributed by atoms with Crippen LogP contribution in [-0.4, -0.2) is 40.6 Å². The van der Waals surface area contributed by atoms with Crippen molar-refractivity contribution < 1.29 is 14.6 Å². The molecule has 0 radical (unpaired) electrons. The summed E-state index contributed by atoms with van der Waals surface area (Å²) in [5, 5.41) is 9.42. The zero-order valence-electron chi connectivity index (χ0n) is 10.6. The molecule has 0 saturated carbocycles. The highest BCUT2D eigenvalue weighted by Crippen LogP contribution is 2.35. The number of rotatable bonds is 4. The van der Waals surface area contributed by atoms with Crippen LogP contribution in [0.15, 0.2) is 17.1 Å². The third-order valence-electron chi connectivity index (χ3n) is 3.21. The van der Waals surface area contributed by atoms with Gasteiger partial charge in [-0.2, -0.15) is 4.98 Å². The number of hydrogen-bond donors (Lipinski definition) is 1. The van der Waals surface area contributed by atoms with Crippen LogP contribution < -0.4 is 5.69 Å². The molecule has 1 aliphatic rings. The Hall–Kier alpha value is -1.24. The number of ether oxygens (including phenoxy) is 2. The Balaban J connectivity index is 2.19. The quantitative estimate of drug-likeness (QED) is 0.833. The van der Waals surface area contributed by atoms with Crippen molar-refractivity contribution in [3.05, 3.63) is 28.4 Å². The molecule has 6 heteroatoms. The summed E-state index contributed by atoms with van der Waals surface area (Å²) in [6.45, 7) is 1.96. The average Bonchev–Trinajstić information content (AvgIpc) is 2.74. The molecule has 1 aliphatic heterocycles. The molecule has 18 heavy (non-hydrogen) atoms. The van der Waals surface area contributed by atoms with Crippen molar-refractivity contribution in [1.82, 2.24) is 9.55 Å². The second-order valence-electron chi connectivity index (χ2n) is 4.64. The van der Waals surface area contributed by atoms with Crippen molar-refractivity contribution >= 4 is 0 Å². The predicted molar refractivity (Wildman–Crippen MR) is 64.3 cm³/mol. The molecule has 1 N–H and O–H groups in total. The first-order valence-electron chi connectivity index (χ1n) is 5.94. The first kappa shape index (κ1) is 13.2. The Bertz CT molecular complexity index is 473. The lowest BCUT2D eigenvalue weighted by molar-refractivity contribution is -0.128. The van der Waals surface area contributed by atoms with Gasteiger partial charge in [-0.25, -0.2) is 4.79 Å². The summed E-state index contributed by atoms with van der Waals surface area (Å²) >= 11 is 0. The number of hydrogen-bond acceptors (Lipinski definition) is 5. The van der Waals surface area contributed by atoms with Gasteiger partial charge in [-0.15, -0.1) is 0 Å². The molecule has 0 aliphatic carbocycles. The standard InChI is InChI=1S/C12H18N2O4/c1-9-4-6-14(11(16)13-9)10-3-5-12(7-15,18-10)8-17-2/h4,6,10,15H,3,5,7-8H2,1-2H3. The summed E-state index contributed by atoms with van der Waals surface area (Å²) in [5.74, 6) is 0. The zero-order valence-corrected chi connectivity index (χ0v) is 10.6. The van der Waals surface area contributed by atoms with Crippen LogP contribution in [0.25, 0.3) is 0 Å². The van der Waals surface area contributed by atoms with Gasteiger partial charge < -0.3 is 14.6 Å². The Morgan fingerprint density at radius 2 is 2.50 bits per heavy atom. The van der Waals surface area contributed by atoms with E-state index < -0.39 is 5.60 Å². The maximum absolute atomic E-state index is 11.8. The fraction of sp³-hybridized carbons (Fsp3) is 0.667. The molecule has 6 nitrogen and oxygen atoms in total. The number of aryl methyl sites for hydroxylation is 1. The van der Waals surface area contributed by atoms with E-state index in [-0.39, 0.29) is 18.5 Å². The Labute approximate surface area is 105 Å². The minimum atomic E-state index is -0.705. The normalized spacial score (nSPS) is 27.6. The van der Waals surface area contributed by atoms with Crippen LogP contribution in [0.5, 0.6) is 0 Å². The fourth-order valence-corrected chi connectivity index (χ4v) is 2.24. The van der Waals surface area contributed by atoms with Crippen molar-refractivity contribution in [3.8, 4) is 0 Å². The summed E-state index contributed by atoms with van der Waals surface area (Å²) in [5.41, 5.74) is -0.352. The summed E-state index contributed by atoms with van der Waals surface area (Å²) in [6, 6.07) is 1.76. The summed E-state index contributed by atoms with van der Waals surface area (Å²) in [7, 11) is 1.56. The molecule has 1 aromatic heterocycles. The number of methoxy groups -OCH3 is 1. The molecule has 1 fully saturated rings. The highest BCUT2D eigenvalue weighted by atomic mass is 16.6. The third-order valence-corrected chi connectivity index (χ3v) is 3.21. The van der Waals surface area contributed by atoms with Gasteiger partial charge in [-0.3, -0.25) is 4.57 Å². The Kier molecular flexibility index (Phi) is 3.79. The van der Waals surface area contributed by atoms with E-state index in [1.165, 1.54) is 4.57 Å². The average molecular weight is 254 g/mol. The molecule has 100 valence electrons. The van der Waals surface area contributed by atoms with Gasteiger partial charge in [0.15, 0.2) is 0 Å². The zero-order chi connectivity index (χ0) is 13.2. The first-order valence-corrected chi connectivity index (χ1v) is 5.94. The Morgan fingerprint density at radius 3 is 3.11 bits per heavy atom. The predicted octanol–water partition coefficient (Wildman–Crippen LogP) is 0.238. The number of nitrogens with zero attached hydrogens (tertiary/aromatic N) is 2. The van der Waals surface area contributed by atoms with Gasteiger partial charge in [0.25, 0.3) is 0 Å². The molecule has 2 unspecified atom stereocenters. The lowest BCUT2D eigenvalue weighted by Crippen LogP contribution is -2.39. The monoisotopic (exact) mass is 254 g/mol. The lowest BCUT2D eigenvalue weighted by Gasteiger charge is -2.26. The molecular weight excluding hydrogens is 236 g/mol. The van der Waals surface area contributed by atoms with Gasteiger partial charge >= 0.3 is 5.69 Å². The topological polar surface area (TPSA) is 73.6 Å². The molecule has 2 heterocycles. The van der Waals surface area contributed by atoms with E-state index in [4.69, 9.17) is 9.47 Å². The molecule has 0 aromatic carbocycles. The molecular formula is C12H18N2O4. The van der Waals surface area contributed by atoms with E-state index >= 15 is 0 Å². The smallest absolute Gasteiger partial charge is 0.349 e. The van der Waals surface area contributed by atoms with Gasteiger partial charge in [0, 0.05) is 19.0 Å². The summed E-state index contributed by atoms with van der Waals surface area (Å²) in [4.78, 5) is 15.6. The SMILES string of the molecule is COCC1(CO)CCC(n2ccc(C)nc2=O)O1. The molecule has 1 aromatic rings. The van der Waals surface area contributed by atoms with Crippen LogP contribution in [0.2, 0.25) is 0 Å². The van der Waals surface area contributed by atoms with E-state index in [2.05, 4.69) is 4.98 Å². The van der Waals surface area contributed by atoms with E-state index in [1.54, 1.807) is 26.3 Å². The van der Waals surface area contributed by atoms with Crippen molar-refractivity contribution in [3.63, 3.8) is 0 Å². The van der Waals surface area contributed by atoms with Crippen LogP contribution in [0.3, 0.4) is 0 Å². The second kappa shape index (κ2) is 5.17. The number of aliphatic hydroxyl groups is 1. The van der Waals surface area contributed by atoms with E-state index in [0.717, 1.165) is 0 Å². The number of aliphatic hydroxyl groups excluding tert-OH is 1. The van der Waals surface area contributed by atoms with Crippen LogP contribution in [0.1, 0.15) is 24.8 Å². The minimum absolute atomic E-state index is 0.120. The molecule has 0 amide bonds. The van der Waals surface area contributed by atoms with Gasteiger partial charge in [0.05, 0.1) is 13.2 Å². The molecule has 0 spiro atoms. The van der Waals surface area contributed by atoms with Crippen LogP contribution >= 0.6 is 0 Å². The van der Waals surface area contributed by atoms with Crippen LogP contribution in [0.4, 0.5) is 0 Å². The maximum atomic E-state index is 11.8. The van der Waals surface area contributed by atoms with Gasteiger partial charge in [-0.1, -0.05) is 0 Å². The van der Waals surface area contributed by atoms with Gasteiger partial charge in [0.2, 0.25) is 0 Å². The van der Waals surface area contributed by atoms with E-state index in [9.17, 15) is 9.90 Å². The van der Waals surface area contributed by atoms with E-state index in [0.29, 0.717) is 25.1 Å². The second-order valence-corrected chi connectivity index (χ2v) is 4.64. The molecule has 0 bridgehead atoms. The highest BCUT2D eigenvalue weighted by molar-refractivity contribution is 4.97. The third kappa shape index (κ3) is 2.45. The largest absolute Gasteiger partial charge is 0.393 e. The summed E-state index contributed by atoms with van der Waals surface area (Å²) < 4.78 is 12.3. The highest BCUT2D eigenvalue weighted by Gasteiger charge is 2.41. The van der Waals surface area contributed by atoms with Crippen molar-refractivity contribution in [1.29, 1.82) is 0 Å². The van der Waals surface area contributed by atoms with Crippen molar-refractivity contribution in [2.75, 3.05) is 20.3 Å². The maximum Gasteiger partial charge on any atom is 0.349 e. The first-order chi connectivity index (χ1) is 8.60. The van der Waals surface area contributed by atoms with Crippen LogP contribution in [-0.2, 0) is 9.47 Å². The summed E-state index contributed by atoms with van der Waals surface area (Å²) in [6.07, 6.45) is 2.61. The fourth-order valence-electron chi connectivity index (χ4n) is 2.24. The van der Waals surface area contributed by atoms with Crippen LogP contribution in [0, 0.1) is 6.92 Å². The lowest BCUT2D eigenvalue weighted by atomic mass is 10.0. The van der Waals surface area contributed by atoms with Gasteiger partial charge in [0.1, 0.15) is 11.8 Å². The van der Waals surface area contributed by atoms with E-state index in [1.807, 2.05) is 0 Å². The Morgan fingerprint density at radius 1 is 1.72 bits per heavy atom. The number of aromatic nitrogens is 2. The van der Waals surface area contributed by atoms with Crippen molar-refractivity contribution in [2.45, 2.75) is 31.6 Å². The van der Waals surface area contributed by atoms with Gasteiger partial charge in [-0.05, 0) is 25.8 Å². The molecule has 2 rings (SSSR count). The van der Waals surface area contributed by atoms with Crippen molar-refractivity contribution in [2.24, 2.45) is 0 Å².